The van der Waals surface area contributed by atoms with Crippen LogP contribution in [0.25, 0.3) is 0 Å². The van der Waals surface area contributed by atoms with E-state index >= 15 is 0 Å². The van der Waals surface area contributed by atoms with Crippen LogP contribution in [0.5, 0.6) is 0 Å². The molecule has 0 heterocycles. The second-order valence-electron chi connectivity index (χ2n) is 9.17. The van der Waals surface area contributed by atoms with Crippen LogP contribution in [-0.4, -0.2) is 144 Å². The maximum absolute atomic E-state index is 13.0. The highest BCUT2D eigenvalue weighted by Gasteiger charge is 2.35. The van der Waals surface area contributed by atoms with Gasteiger partial charge in [0.15, 0.2) is 12.5 Å². The first-order valence-electron chi connectivity index (χ1n) is 12.2. The summed E-state index contributed by atoms with van der Waals surface area (Å²) < 4.78 is 26.0. The standard InChI is InChI=1S/C24H36N2O14S/c27-9-15(29)17(31)19(33)21(35)23(37)25-11-1-5-13(6-2-11)41(39,40)14-7-3-12(4-8-14)26-24(38)22(36)20(34)18(32)16(30)10-28/h1-8,15-38H,9-10H2. The van der Waals surface area contributed by atoms with E-state index in [4.69, 9.17) is 10.2 Å². The Hall–Kier alpha value is -2.49. The van der Waals surface area contributed by atoms with E-state index in [-0.39, 0.29) is 21.2 Å². The van der Waals surface area contributed by atoms with Gasteiger partial charge in [0.25, 0.3) is 0 Å². The third-order valence-electron chi connectivity index (χ3n) is 6.17. The fourth-order valence-corrected chi connectivity index (χ4v) is 4.82. The number of sulfone groups is 1. The lowest BCUT2D eigenvalue weighted by molar-refractivity contribution is -0.135. The highest BCUT2D eigenvalue weighted by atomic mass is 32.2. The van der Waals surface area contributed by atoms with Gasteiger partial charge in [0.05, 0.1) is 23.0 Å². The Bertz CT molecular complexity index is 1080. The minimum absolute atomic E-state index is 0.116. The molecule has 16 nitrogen and oxygen atoms in total. The molecule has 0 saturated heterocycles. The molecule has 0 bridgehead atoms. The molecular weight excluding hydrogens is 572 g/mol. The molecule has 10 atom stereocenters. The van der Waals surface area contributed by atoms with Crippen molar-refractivity contribution in [1.29, 1.82) is 0 Å². The zero-order valence-corrected chi connectivity index (χ0v) is 22.2. The van der Waals surface area contributed by atoms with E-state index < -0.39 is 84.3 Å². The molecule has 0 spiro atoms. The summed E-state index contributed by atoms with van der Waals surface area (Å²) in [5.74, 6) is 0. The van der Waals surface area contributed by atoms with Gasteiger partial charge in [0.2, 0.25) is 9.84 Å². The Balaban J connectivity index is 2.05. The number of aliphatic hydroxyl groups is 12. The minimum atomic E-state index is -4.06. The van der Waals surface area contributed by atoms with Crippen LogP contribution in [0.2, 0.25) is 0 Å². The second kappa shape index (κ2) is 15.1. The highest BCUT2D eigenvalue weighted by Crippen LogP contribution is 2.25. The maximum Gasteiger partial charge on any atom is 0.206 e. The summed E-state index contributed by atoms with van der Waals surface area (Å²) in [7, 11) is -4.06. The molecule has 0 aliphatic carbocycles. The summed E-state index contributed by atoms with van der Waals surface area (Å²) >= 11 is 0. The fraction of sp³-hybridized carbons (Fsp3) is 0.500. The summed E-state index contributed by atoms with van der Waals surface area (Å²) in [6.45, 7) is -1.80. The van der Waals surface area contributed by atoms with Crippen molar-refractivity contribution in [2.45, 2.75) is 71.1 Å². The fourth-order valence-electron chi connectivity index (χ4n) is 3.56. The van der Waals surface area contributed by atoms with Crippen LogP contribution < -0.4 is 10.6 Å². The van der Waals surface area contributed by atoms with E-state index in [1.807, 2.05) is 0 Å². The Morgan fingerprint density at radius 1 is 0.488 bits per heavy atom. The van der Waals surface area contributed by atoms with E-state index in [9.17, 15) is 59.5 Å². The third-order valence-corrected chi connectivity index (χ3v) is 7.95. The largest absolute Gasteiger partial charge is 0.394 e. The molecule has 0 saturated carbocycles. The normalized spacial score (nSPS) is 19.6. The monoisotopic (exact) mass is 608 g/mol. The number of anilines is 2. The number of hydrogen-bond acceptors (Lipinski definition) is 16. The zero-order valence-electron chi connectivity index (χ0n) is 21.4. The Labute approximate surface area is 234 Å². The molecule has 0 aliphatic heterocycles. The van der Waals surface area contributed by atoms with Crippen LogP contribution >= 0.6 is 0 Å². The summed E-state index contributed by atoms with van der Waals surface area (Å²) in [4.78, 5) is -0.342. The smallest absolute Gasteiger partial charge is 0.206 e. The molecule has 0 aromatic heterocycles. The average Bonchev–Trinajstić information content (AvgIpc) is 2.98. The minimum Gasteiger partial charge on any atom is -0.394 e. The lowest BCUT2D eigenvalue weighted by Gasteiger charge is -2.29. The van der Waals surface area contributed by atoms with E-state index in [0.717, 1.165) is 0 Å². The van der Waals surface area contributed by atoms with Crippen molar-refractivity contribution < 1.29 is 69.7 Å². The van der Waals surface area contributed by atoms with Crippen molar-refractivity contribution in [3.8, 4) is 0 Å². The zero-order chi connectivity index (χ0) is 31.1. The quantitative estimate of drug-likeness (QED) is 0.0792. The number of aliphatic hydroxyl groups excluding tert-OH is 12. The molecule has 41 heavy (non-hydrogen) atoms. The van der Waals surface area contributed by atoms with Crippen LogP contribution in [0.15, 0.2) is 58.3 Å². The highest BCUT2D eigenvalue weighted by molar-refractivity contribution is 7.91. The lowest BCUT2D eigenvalue weighted by Crippen LogP contribution is -2.51. The molecule has 232 valence electrons. The summed E-state index contributed by atoms with van der Waals surface area (Å²) in [6.07, 6.45) is -19.2. The van der Waals surface area contributed by atoms with Crippen LogP contribution in [0.4, 0.5) is 11.4 Å². The lowest BCUT2D eigenvalue weighted by atomic mass is 10.0. The van der Waals surface area contributed by atoms with E-state index in [2.05, 4.69) is 10.6 Å². The van der Waals surface area contributed by atoms with Gasteiger partial charge in [-0.15, -0.1) is 0 Å². The van der Waals surface area contributed by atoms with Crippen LogP contribution in [-0.2, 0) is 9.84 Å². The van der Waals surface area contributed by atoms with Gasteiger partial charge in [-0.05, 0) is 48.5 Å². The molecular formula is C24H36N2O14S. The van der Waals surface area contributed by atoms with Crippen molar-refractivity contribution in [2.75, 3.05) is 23.8 Å². The number of rotatable bonds is 16. The van der Waals surface area contributed by atoms with Crippen molar-refractivity contribution in [2.24, 2.45) is 0 Å². The third kappa shape index (κ3) is 8.75. The van der Waals surface area contributed by atoms with Crippen LogP contribution in [0.3, 0.4) is 0 Å². The molecule has 2 aromatic rings. The van der Waals surface area contributed by atoms with Gasteiger partial charge < -0.3 is 71.9 Å². The number of benzene rings is 2. The Kier molecular flexibility index (Phi) is 12.8. The summed E-state index contributed by atoms with van der Waals surface area (Å²) in [5.41, 5.74) is 0.233. The van der Waals surface area contributed by atoms with E-state index in [1.165, 1.54) is 48.5 Å². The van der Waals surface area contributed by atoms with Crippen molar-refractivity contribution >= 4 is 21.2 Å². The van der Waals surface area contributed by atoms with Crippen molar-refractivity contribution in [3.63, 3.8) is 0 Å². The average molecular weight is 609 g/mol. The molecule has 17 heteroatoms. The van der Waals surface area contributed by atoms with Gasteiger partial charge in [0.1, 0.15) is 48.8 Å². The Morgan fingerprint density at radius 2 is 0.780 bits per heavy atom. The SMILES string of the molecule is O=S(=O)(c1ccc(NC(O)C(O)C(O)C(O)C(O)CO)cc1)c1ccc(NC(O)C(O)C(O)C(O)C(O)CO)cc1. The maximum atomic E-state index is 13.0. The topological polar surface area (TPSA) is 301 Å². The number of hydrogen-bond donors (Lipinski definition) is 14. The molecule has 0 fully saturated rings. The van der Waals surface area contributed by atoms with Gasteiger partial charge in [-0.25, -0.2) is 8.42 Å². The molecule has 0 radical (unpaired) electrons. The van der Waals surface area contributed by atoms with Crippen molar-refractivity contribution in [1.82, 2.24) is 0 Å². The van der Waals surface area contributed by atoms with Crippen LogP contribution in [0, 0.1) is 0 Å². The van der Waals surface area contributed by atoms with Gasteiger partial charge in [-0.1, -0.05) is 0 Å². The first kappa shape index (κ1) is 34.7. The summed E-state index contributed by atoms with van der Waals surface area (Å²) in [6, 6.07) is 9.69. The van der Waals surface area contributed by atoms with E-state index in [1.54, 1.807) is 0 Å². The summed E-state index contributed by atoms with van der Waals surface area (Å²) in [5, 5.41) is 120. The molecule has 14 N–H and O–H groups in total. The van der Waals surface area contributed by atoms with Gasteiger partial charge in [-0.2, -0.15) is 0 Å². The molecule has 0 aliphatic rings. The van der Waals surface area contributed by atoms with Gasteiger partial charge >= 0.3 is 0 Å². The van der Waals surface area contributed by atoms with Gasteiger partial charge in [-0.3, -0.25) is 0 Å². The molecule has 10 unspecified atom stereocenters. The van der Waals surface area contributed by atoms with Crippen molar-refractivity contribution in [3.05, 3.63) is 48.5 Å². The molecule has 0 amide bonds. The molecule has 2 rings (SSSR count). The number of nitrogens with one attached hydrogen (secondary N) is 2. The van der Waals surface area contributed by atoms with E-state index in [0.29, 0.717) is 0 Å². The van der Waals surface area contributed by atoms with Crippen LogP contribution in [0.1, 0.15) is 0 Å². The first-order chi connectivity index (χ1) is 19.1. The molecule has 2 aromatic carbocycles. The predicted octanol–water partition coefficient (Wildman–Crippen LogP) is -5.15. The predicted molar refractivity (Wildman–Crippen MR) is 140 cm³/mol. The Morgan fingerprint density at radius 3 is 1.05 bits per heavy atom. The second-order valence-corrected chi connectivity index (χ2v) is 11.1. The first-order valence-corrected chi connectivity index (χ1v) is 13.6. The van der Waals surface area contributed by atoms with Gasteiger partial charge in [0, 0.05) is 11.4 Å².